The van der Waals surface area contributed by atoms with Gasteiger partial charge in [0.2, 0.25) is 0 Å². The van der Waals surface area contributed by atoms with Gasteiger partial charge in [0.05, 0.1) is 12.1 Å². The van der Waals surface area contributed by atoms with Crippen LogP contribution in [0.3, 0.4) is 0 Å². The van der Waals surface area contributed by atoms with Crippen molar-refractivity contribution in [3.8, 4) is 11.5 Å². The van der Waals surface area contributed by atoms with Crippen LogP contribution in [0.15, 0.2) is 12.1 Å². The summed E-state index contributed by atoms with van der Waals surface area (Å²) in [6.45, 7) is 0. The summed E-state index contributed by atoms with van der Waals surface area (Å²) in [6, 6.07) is 2.47. The molecule has 0 fully saturated rings. The Hall–Kier alpha value is -1.46. The van der Waals surface area contributed by atoms with Gasteiger partial charge in [-0.05, 0) is 12.1 Å². The number of aromatic hydroxyl groups is 1. The van der Waals surface area contributed by atoms with Gasteiger partial charge in [-0.1, -0.05) is 11.6 Å². The number of carbonyl (C=O) groups excluding carboxylic acids is 1. The van der Waals surface area contributed by atoms with Gasteiger partial charge in [-0.15, -0.1) is 0 Å². The Kier molecular flexibility index (Phi) is 3.16. The van der Waals surface area contributed by atoms with Gasteiger partial charge in [0, 0.05) is 5.56 Å². The molecule has 76 valence electrons. The normalized spacial score (nSPS) is 9.64. The molecule has 1 amide bonds. The summed E-state index contributed by atoms with van der Waals surface area (Å²) in [7, 11) is 1.33. The molecule has 0 bridgehead atoms. The van der Waals surface area contributed by atoms with Crippen molar-refractivity contribution < 1.29 is 19.8 Å². The number of phenolic OH excluding ortho intramolecular Hbond substituents is 1. The summed E-state index contributed by atoms with van der Waals surface area (Å²) in [5.41, 5.74) is 1.53. The van der Waals surface area contributed by atoms with E-state index in [2.05, 4.69) is 0 Å². The van der Waals surface area contributed by atoms with Gasteiger partial charge < -0.3 is 9.84 Å². The number of methoxy groups -OCH3 is 1. The van der Waals surface area contributed by atoms with E-state index in [-0.39, 0.29) is 22.1 Å². The van der Waals surface area contributed by atoms with Crippen LogP contribution in [-0.4, -0.2) is 23.3 Å². The highest BCUT2D eigenvalue weighted by atomic mass is 35.5. The van der Waals surface area contributed by atoms with E-state index in [1.165, 1.54) is 24.7 Å². The standard InChI is InChI=1S/C8H8ClNO4/c1-14-6-3-4(8(12)10-13)2-5(9)7(6)11/h2-3,11,13H,1H3,(H,10,12). The quantitative estimate of drug-likeness (QED) is 0.513. The van der Waals surface area contributed by atoms with Gasteiger partial charge >= 0.3 is 0 Å². The first-order valence-corrected chi connectivity index (χ1v) is 3.99. The molecular weight excluding hydrogens is 210 g/mol. The van der Waals surface area contributed by atoms with E-state index < -0.39 is 5.91 Å². The van der Waals surface area contributed by atoms with Crippen molar-refractivity contribution in [3.05, 3.63) is 22.7 Å². The van der Waals surface area contributed by atoms with E-state index in [1.807, 2.05) is 0 Å². The number of amides is 1. The summed E-state index contributed by atoms with van der Waals surface area (Å²) in [5.74, 6) is -0.912. The van der Waals surface area contributed by atoms with Crippen molar-refractivity contribution in [3.63, 3.8) is 0 Å². The zero-order chi connectivity index (χ0) is 10.7. The summed E-state index contributed by atoms with van der Waals surface area (Å²) in [5, 5.41) is 17.7. The van der Waals surface area contributed by atoms with Crippen molar-refractivity contribution in [2.75, 3.05) is 7.11 Å². The molecule has 0 atom stereocenters. The molecule has 0 saturated heterocycles. The van der Waals surface area contributed by atoms with Gasteiger partial charge in [0.1, 0.15) is 0 Å². The number of rotatable bonds is 2. The number of halogens is 1. The highest BCUT2D eigenvalue weighted by Gasteiger charge is 2.12. The zero-order valence-electron chi connectivity index (χ0n) is 7.24. The van der Waals surface area contributed by atoms with Crippen LogP contribution >= 0.6 is 11.6 Å². The number of benzene rings is 1. The molecular formula is C8H8ClNO4. The number of carbonyl (C=O) groups is 1. The monoisotopic (exact) mass is 217 g/mol. The third-order valence-corrected chi connectivity index (χ3v) is 1.90. The van der Waals surface area contributed by atoms with Gasteiger partial charge in [-0.2, -0.15) is 0 Å². The maximum Gasteiger partial charge on any atom is 0.274 e. The van der Waals surface area contributed by atoms with E-state index in [1.54, 1.807) is 0 Å². The molecule has 0 radical (unpaired) electrons. The molecule has 1 aromatic carbocycles. The Morgan fingerprint density at radius 2 is 2.21 bits per heavy atom. The molecule has 0 aromatic heterocycles. The van der Waals surface area contributed by atoms with Crippen LogP contribution in [0, 0.1) is 0 Å². The second-order valence-electron chi connectivity index (χ2n) is 2.45. The van der Waals surface area contributed by atoms with E-state index in [0.29, 0.717) is 0 Å². The van der Waals surface area contributed by atoms with Crippen LogP contribution in [0.2, 0.25) is 5.02 Å². The van der Waals surface area contributed by atoms with Gasteiger partial charge in [0.25, 0.3) is 5.91 Å². The molecule has 1 aromatic rings. The molecule has 1 rings (SSSR count). The second-order valence-corrected chi connectivity index (χ2v) is 2.86. The largest absolute Gasteiger partial charge is 0.503 e. The van der Waals surface area contributed by atoms with Crippen molar-refractivity contribution in [1.29, 1.82) is 0 Å². The SMILES string of the molecule is COc1cc(C(=O)NO)cc(Cl)c1O. The topological polar surface area (TPSA) is 78.8 Å². The predicted molar refractivity (Wildman–Crippen MR) is 48.9 cm³/mol. The number of hydrogen-bond acceptors (Lipinski definition) is 4. The minimum atomic E-state index is -0.731. The molecule has 0 saturated carbocycles. The van der Waals surface area contributed by atoms with E-state index in [9.17, 15) is 9.90 Å². The number of ether oxygens (including phenoxy) is 1. The van der Waals surface area contributed by atoms with E-state index in [4.69, 9.17) is 21.5 Å². The molecule has 6 heteroatoms. The predicted octanol–water partition coefficient (Wildman–Crippen LogP) is 1.17. The minimum absolute atomic E-state index is 0.0250. The molecule has 0 spiro atoms. The third kappa shape index (κ3) is 1.89. The van der Waals surface area contributed by atoms with E-state index >= 15 is 0 Å². The first kappa shape index (κ1) is 10.6. The van der Waals surface area contributed by atoms with E-state index in [0.717, 1.165) is 0 Å². The van der Waals surface area contributed by atoms with Gasteiger partial charge in [-0.3, -0.25) is 10.0 Å². The number of phenols is 1. The maximum absolute atomic E-state index is 11.0. The molecule has 0 unspecified atom stereocenters. The van der Waals surface area contributed by atoms with Crippen LogP contribution in [-0.2, 0) is 0 Å². The van der Waals surface area contributed by atoms with Gasteiger partial charge in [-0.25, -0.2) is 5.48 Å². The van der Waals surface area contributed by atoms with Crippen molar-refractivity contribution in [2.45, 2.75) is 0 Å². The lowest BCUT2D eigenvalue weighted by Gasteiger charge is -2.07. The lowest BCUT2D eigenvalue weighted by Crippen LogP contribution is -2.18. The first-order chi connectivity index (χ1) is 6.60. The van der Waals surface area contributed by atoms with Crippen molar-refractivity contribution in [2.24, 2.45) is 0 Å². The molecule has 5 nitrogen and oxygen atoms in total. The number of hydroxylamine groups is 1. The Morgan fingerprint density at radius 1 is 1.57 bits per heavy atom. The van der Waals surface area contributed by atoms with Crippen molar-refractivity contribution >= 4 is 17.5 Å². The second kappa shape index (κ2) is 4.17. The molecule has 0 aliphatic rings. The van der Waals surface area contributed by atoms with Crippen LogP contribution in [0.1, 0.15) is 10.4 Å². The highest BCUT2D eigenvalue weighted by molar-refractivity contribution is 6.32. The Bertz CT molecular complexity index is 367. The zero-order valence-corrected chi connectivity index (χ0v) is 8.00. The molecule has 14 heavy (non-hydrogen) atoms. The molecule has 0 aliphatic heterocycles. The maximum atomic E-state index is 11.0. The van der Waals surface area contributed by atoms with Crippen molar-refractivity contribution in [1.82, 2.24) is 5.48 Å². The van der Waals surface area contributed by atoms with Crippen LogP contribution in [0.4, 0.5) is 0 Å². The summed E-state index contributed by atoms with van der Waals surface area (Å²) < 4.78 is 4.77. The summed E-state index contributed by atoms with van der Waals surface area (Å²) in [4.78, 5) is 11.0. The Labute approximate surface area is 84.8 Å². The lowest BCUT2D eigenvalue weighted by molar-refractivity contribution is 0.0706. The summed E-state index contributed by atoms with van der Waals surface area (Å²) in [6.07, 6.45) is 0. The van der Waals surface area contributed by atoms with Gasteiger partial charge in [0.15, 0.2) is 11.5 Å². The fraction of sp³-hybridized carbons (Fsp3) is 0.125. The lowest BCUT2D eigenvalue weighted by atomic mass is 10.2. The smallest absolute Gasteiger partial charge is 0.274 e. The Morgan fingerprint density at radius 3 is 2.71 bits per heavy atom. The first-order valence-electron chi connectivity index (χ1n) is 3.61. The third-order valence-electron chi connectivity index (χ3n) is 1.61. The molecule has 0 aliphatic carbocycles. The summed E-state index contributed by atoms with van der Waals surface area (Å²) >= 11 is 5.61. The van der Waals surface area contributed by atoms with Crippen LogP contribution < -0.4 is 10.2 Å². The average Bonchev–Trinajstić information content (AvgIpc) is 2.20. The molecule has 3 N–H and O–H groups in total. The minimum Gasteiger partial charge on any atom is -0.503 e. The average molecular weight is 218 g/mol. The van der Waals surface area contributed by atoms with Crippen LogP contribution in [0.25, 0.3) is 0 Å². The number of hydrogen-bond donors (Lipinski definition) is 3. The van der Waals surface area contributed by atoms with Crippen LogP contribution in [0.5, 0.6) is 11.5 Å². The fourth-order valence-corrected chi connectivity index (χ4v) is 1.14. The Balaban J connectivity index is 3.22. The highest BCUT2D eigenvalue weighted by Crippen LogP contribution is 2.34. The fourth-order valence-electron chi connectivity index (χ4n) is 0.925. The number of nitrogens with one attached hydrogen (secondary N) is 1. The molecule has 0 heterocycles.